The maximum absolute atomic E-state index is 12.6. The standard InChI is InChI=1S/C21H30N4O2/c1-15(2)18-5-7-19(8-6-18)22-21(26)17(4)25-11-9-24(10-12-25)14-20-13-16(3)27-23-20/h5-8,13,15,17H,9-12,14H2,1-4H3,(H,22,26)/t17-/m1/s1. The summed E-state index contributed by atoms with van der Waals surface area (Å²) in [6, 6.07) is 9.96. The first-order valence-electron chi connectivity index (χ1n) is 9.72. The van der Waals surface area contributed by atoms with Crippen molar-refractivity contribution < 1.29 is 9.32 Å². The molecule has 2 aromatic rings. The average Bonchev–Trinajstić information content (AvgIpc) is 3.07. The zero-order valence-corrected chi connectivity index (χ0v) is 16.7. The minimum absolute atomic E-state index is 0.0490. The van der Waals surface area contributed by atoms with Crippen molar-refractivity contribution in [3.8, 4) is 0 Å². The van der Waals surface area contributed by atoms with Crippen LogP contribution in [0.15, 0.2) is 34.9 Å². The number of amides is 1. The van der Waals surface area contributed by atoms with Gasteiger partial charge in [-0.2, -0.15) is 0 Å². The number of benzene rings is 1. The molecule has 1 fully saturated rings. The fraction of sp³-hybridized carbons (Fsp3) is 0.524. The van der Waals surface area contributed by atoms with Gasteiger partial charge in [0.2, 0.25) is 5.91 Å². The van der Waals surface area contributed by atoms with Crippen LogP contribution < -0.4 is 5.32 Å². The van der Waals surface area contributed by atoms with E-state index in [2.05, 4.69) is 46.3 Å². The number of piperazine rings is 1. The third kappa shape index (κ3) is 5.17. The first-order chi connectivity index (χ1) is 12.9. The number of aryl methyl sites for hydroxylation is 1. The Morgan fingerprint density at radius 2 is 1.81 bits per heavy atom. The third-order valence-electron chi connectivity index (χ3n) is 5.24. The number of anilines is 1. The van der Waals surface area contributed by atoms with Crippen LogP contribution in [0.3, 0.4) is 0 Å². The van der Waals surface area contributed by atoms with E-state index in [9.17, 15) is 4.79 Å². The Kier molecular flexibility index (Phi) is 6.29. The molecule has 0 aliphatic carbocycles. The lowest BCUT2D eigenvalue weighted by Crippen LogP contribution is -2.52. The van der Waals surface area contributed by atoms with E-state index < -0.39 is 0 Å². The van der Waals surface area contributed by atoms with Crippen molar-refractivity contribution in [1.82, 2.24) is 15.0 Å². The zero-order chi connectivity index (χ0) is 19.4. The van der Waals surface area contributed by atoms with E-state index in [0.717, 1.165) is 49.9 Å². The summed E-state index contributed by atoms with van der Waals surface area (Å²) in [5, 5.41) is 7.10. The van der Waals surface area contributed by atoms with Crippen LogP contribution in [0.25, 0.3) is 0 Å². The Hall–Kier alpha value is -2.18. The van der Waals surface area contributed by atoms with Gasteiger partial charge in [0.1, 0.15) is 5.76 Å². The molecule has 1 aromatic heterocycles. The zero-order valence-electron chi connectivity index (χ0n) is 16.7. The van der Waals surface area contributed by atoms with Crippen molar-refractivity contribution in [2.24, 2.45) is 0 Å². The molecule has 1 aliphatic heterocycles. The molecule has 1 N–H and O–H groups in total. The molecule has 1 saturated heterocycles. The van der Waals surface area contributed by atoms with Crippen molar-refractivity contribution in [3.63, 3.8) is 0 Å². The smallest absolute Gasteiger partial charge is 0.241 e. The number of carbonyl (C=O) groups is 1. The lowest BCUT2D eigenvalue weighted by atomic mass is 10.0. The quantitative estimate of drug-likeness (QED) is 0.846. The molecule has 146 valence electrons. The van der Waals surface area contributed by atoms with Gasteiger partial charge in [0.05, 0.1) is 11.7 Å². The normalized spacial score (nSPS) is 17.2. The summed E-state index contributed by atoms with van der Waals surface area (Å²) in [5.74, 6) is 1.38. The number of aromatic nitrogens is 1. The van der Waals surface area contributed by atoms with Crippen LogP contribution in [0.5, 0.6) is 0 Å². The van der Waals surface area contributed by atoms with Gasteiger partial charge in [-0.05, 0) is 37.5 Å². The van der Waals surface area contributed by atoms with Gasteiger partial charge in [-0.3, -0.25) is 14.6 Å². The van der Waals surface area contributed by atoms with E-state index in [1.807, 2.05) is 32.0 Å². The maximum atomic E-state index is 12.6. The van der Waals surface area contributed by atoms with E-state index >= 15 is 0 Å². The van der Waals surface area contributed by atoms with E-state index in [1.165, 1.54) is 5.56 Å². The summed E-state index contributed by atoms with van der Waals surface area (Å²) in [6.07, 6.45) is 0. The van der Waals surface area contributed by atoms with Crippen molar-refractivity contribution in [2.75, 3.05) is 31.5 Å². The van der Waals surface area contributed by atoms with Crippen LogP contribution >= 0.6 is 0 Å². The molecule has 2 heterocycles. The van der Waals surface area contributed by atoms with Crippen LogP contribution in [-0.4, -0.2) is 53.1 Å². The van der Waals surface area contributed by atoms with Crippen LogP contribution in [0, 0.1) is 6.92 Å². The van der Waals surface area contributed by atoms with Crippen LogP contribution in [-0.2, 0) is 11.3 Å². The van der Waals surface area contributed by atoms with Crippen LogP contribution in [0.2, 0.25) is 0 Å². The maximum Gasteiger partial charge on any atom is 0.241 e. The average molecular weight is 370 g/mol. The van der Waals surface area contributed by atoms with E-state index in [0.29, 0.717) is 5.92 Å². The van der Waals surface area contributed by atoms with Crippen LogP contribution in [0.1, 0.15) is 43.7 Å². The molecule has 1 aliphatic rings. The van der Waals surface area contributed by atoms with Gasteiger partial charge in [0.25, 0.3) is 0 Å². The summed E-state index contributed by atoms with van der Waals surface area (Å²) < 4.78 is 5.13. The highest BCUT2D eigenvalue weighted by atomic mass is 16.5. The van der Waals surface area contributed by atoms with E-state index in [4.69, 9.17) is 4.52 Å². The molecule has 27 heavy (non-hydrogen) atoms. The fourth-order valence-corrected chi connectivity index (χ4v) is 3.39. The molecule has 0 bridgehead atoms. The van der Waals surface area contributed by atoms with Crippen LogP contribution in [0.4, 0.5) is 5.69 Å². The van der Waals surface area contributed by atoms with Gasteiger partial charge in [-0.1, -0.05) is 31.1 Å². The summed E-state index contributed by atoms with van der Waals surface area (Å²) in [7, 11) is 0. The Morgan fingerprint density at radius 1 is 1.15 bits per heavy atom. The van der Waals surface area contributed by atoms with Gasteiger partial charge < -0.3 is 9.84 Å². The van der Waals surface area contributed by atoms with E-state index in [1.54, 1.807) is 0 Å². The predicted octanol–water partition coefficient (Wildman–Crippen LogP) is 3.25. The molecule has 1 aromatic carbocycles. The predicted molar refractivity (Wildman–Crippen MR) is 107 cm³/mol. The van der Waals surface area contributed by atoms with Crippen molar-refractivity contribution in [1.29, 1.82) is 0 Å². The van der Waals surface area contributed by atoms with Crippen molar-refractivity contribution >= 4 is 11.6 Å². The Morgan fingerprint density at radius 3 is 2.37 bits per heavy atom. The Labute approximate surface area is 161 Å². The second kappa shape index (κ2) is 8.67. The highest BCUT2D eigenvalue weighted by molar-refractivity contribution is 5.94. The Balaban J connectivity index is 1.47. The summed E-state index contributed by atoms with van der Waals surface area (Å²) >= 11 is 0. The fourth-order valence-electron chi connectivity index (χ4n) is 3.39. The number of nitrogens with one attached hydrogen (secondary N) is 1. The SMILES string of the molecule is Cc1cc(CN2CCN([C@H](C)C(=O)Nc3ccc(C(C)C)cc3)CC2)no1. The van der Waals surface area contributed by atoms with E-state index in [-0.39, 0.29) is 11.9 Å². The molecule has 0 radical (unpaired) electrons. The number of hydrogen-bond donors (Lipinski definition) is 1. The number of nitrogens with zero attached hydrogens (tertiary/aromatic N) is 3. The minimum atomic E-state index is -0.147. The first kappa shape index (κ1) is 19.6. The number of rotatable bonds is 6. The topological polar surface area (TPSA) is 61.6 Å². The van der Waals surface area contributed by atoms with Crippen molar-refractivity contribution in [2.45, 2.75) is 46.2 Å². The number of carbonyl (C=O) groups excluding carboxylic acids is 1. The van der Waals surface area contributed by atoms with Crippen molar-refractivity contribution in [3.05, 3.63) is 47.3 Å². The molecule has 3 rings (SSSR count). The molecule has 0 spiro atoms. The van der Waals surface area contributed by atoms with Gasteiger partial charge in [0.15, 0.2) is 0 Å². The minimum Gasteiger partial charge on any atom is -0.361 e. The first-order valence-corrected chi connectivity index (χ1v) is 9.72. The molecule has 0 unspecified atom stereocenters. The monoisotopic (exact) mass is 370 g/mol. The largest absolute Gasteiger partial charge is 0.361 e. The lowest BCUT2D eigenvalue weighted by Gasteiger charge is -2.37. The highest BCUT2D eigenvalue weighted by Gasteiger charge is 2.26. The van der Waals surface area contributed by atoms with Gasteiger partial charge in [-0.15, -0.1) is 0 Å². The third-order valence-corrected chi connectivity index (χ3v) is 5.24. The number of hydrogen-bond acceptors (Lipinski definition) is 5. The lowest BCUT2D eigenvalue weighted by molar-refractivity contribution is -0.121. The molecular weight excluding hydrogens is 340 g/mol. The van der Waals surface area contributed by atoms with Gasteiger partial charge in [-0.25, -0.2) is 0 Å². The Bertz CT molecular complexity index is 746. The summed E-state index contributed by atoms with van der Waals surface area (Å²) in [4.78, 5) is 17.2. The second-order valence-electron chi connectivity index (χ2n) is 7.68. The highest BCUT2D eigenvalue weighted by Crippen LogP contribution is 2.18. The summed E-state index contributed by atoms with van der Waals surface area (Å²) in [5.41, 5.74) is 3.10. The van der Waals surface area contributed by atoms with Gasteiger partial charge >= 0.3 is 0 Å². The second-order valence-corrected chi connectivity index (χ2v) is 7.68. The molecular formula is C21H30N4O2. The molecule has 6 nitrogen and oxygen atoms in total. The molecule has 6 heteroatoms. The van der Waals surface area contributed by atoms with Gasteiger partial charge in [0, 0.05) is 44.5 Å². The summed E-state index contributed by atoms with van der Waals surface area (Å²) in [6.45, 7) is 12.6. The molecule has 1 amide bonds. The molecule has 0 saturated carbocycles. The molecule has 1 atom stereocenters.